The van der Waals surface area contributed by atoms with Crippen molar-refractivity contribution in [2.45, 2.75) is 65.2 Å². The molecule has 1 aromatic heterocycles. The predicted octanol–water partition coefficient (Wildman–Crippen LogP) is 7.45. The molecular weight excluding hydrogens is 366 g/mol. The van der Waals surface area contributed by atoms with Gasteiger partial charge in [-0.05, 0) is 60.9 Å². The van der Waals surface area contributed by atoms with Gasteiger partial charge in [-0.3, -0.25) is 4.98 Å². The first-order chi connectivity index (χ1) is 14.8. The van der Waals surface area contributed by atoms with E-state index >= 15 is 0 Å². The molecule has 0 aliphatic heterocycles. The lowest BCUT2D eigenvalue weighted by molar-refractivity contribution is 0.316. The highest BCUT2D eigenvalue weighted by atomic mass is 16.5. The summed E-state index contributed by atoms with van der Waals surface area (Å²) in [6, 6.07) is 22.0. The van der Waals surface area contributed by atoms with E-state index in [-0.39, 0.29) is 0 Å². The molecule has 0 fully saturated rings. The average molecular weight is 402 g/mol. The molecule has 1 heterocycles. The summed E-state index contributed by atoms with van der Waals surface area (Å²) >= 11 is 0. The number of hydrogen-bond donors (Lipinski definition) is 0. The lowest BCUT2D eigenvalue weighted by atomic mass is 10.00. The van der Waals surface area contributed by atoms with Crippen molar-refractivity contribution in [1.82, 2.24) is 4.98 Å². The molecule has 0 bridgehead atoms. The second-order valence-electron chi connectivity index (χ2n) is 8.05. The van der Waals surface area contributed by atoms with E-state index in [1.54, 1.807) is 0 Å². The summed E-state index contributed by atoms with van der Waals surface area (Å²) in [6.07, 6.45) is 11.5. The lowest BCUT2D eigenvalue weighted by Crippen LogP contribution is -1.95. The van der Waals surface area contributed by atoms with Crippen molar-refractivity contribution in [2.75, 3.05) is 6.61 Å². The third-order valence-corrected chi connectivity index (χ3v) is 5.50. The Morgan fingerprint density at radius 3 is 1.83 bits per heavy atom. The van der Waals surface area contributed by atoms with E-state index in [1.165, 1.54) is 48.8 Å². The first kappa shape index (κ1) is 22.1. The van der Waals surface area contributed by atoms with E-state index < -0.39 is 0 Å². The highest BCUT2D eigenvalue weighted by molar-refractivity contribution is 5.59. The quantitative estimate of drug-likeness (QED) is 0.294. The van der Waals surface area contributed by atoms with Crippen molar-refractivity contribution in [3.63, 3.8) is 0 Å². The number of unbranched alkanes of at least 4 members (excludes halogenated alkanes) is 3. The third-order valence-electron chi connectivity index (χ3n) is 5.50. The number of rotatable bonds is 12. The van der Waals surface area contributed by atoms with E-state index in [1.807, 2.05) is 18.3 Å². The van der Waals surface area contributed by atoms with Gasteiger partial charge in [0.2, 0.25) is 0 Å². The zero-order valence-corrected chi connectivity index (χ0v) is 18.6. The fourth-order valence-electron chi connectivity index (χ4n) is 3.62. The Hall–Kier alpha value is -2.61. The summed E-state index contributed by atoms with van der Waals surface area (Å²) in [4.78, 5) is 4.54. The second kappa shape index (κ2) is 12.2. The average Bonchev–Trinajstić information content (AvgIpc) is 2.81. The molecule has 3 aromatic rings. The zero-order chi connectivity index (χ0) is 21.0. The van der Waals surface area contributed by atoms with Crippen molar-refractivity contribution in [2.24, 2.45) is 0 Å². The smallest absolute Gasteiger partial charge is 0.137 e. The molecule has 0 saturated carbocycles. The standard InChI is InChI=1S/C28H35NO/c1-3-5-6-7-8-23-9-11-24(12-10-23)13-14-25-15-17-26(18-16-25)28-20-19-27(22-29-28)30-21-4-2/h9-12,15-20,22H,3-8,13-14,21H2,1-2H3. The Bertz CT molecular complexity index is 851. The van der Waals surface area contributed by atoms with E-state index in [0.29, 0.717) is 0 Å². The first-order valence-electron chi connectivity index (χ1n) is 11.5. The van der Waals surface area contributed by atoms with Crippen molar-refractivity contribution < 1.29 is 4.74 Å². The Morgan fingerprint density at radius 1 is 0.633 bits per heavy atom. The highest BCUT2D eigenvalue weighted by Gasteiger charge is 2.02. The minimum atomic E-state index is 0.734. The van der Waals surface area contributed by atoms with Crippen molar-refractivity contribution in [1.29, 1.82) is 0 Å². The Labute approximate surface area is 182 Å². The van der Waals surface area contributed by atoms with Crippen molar-refractivity contribution in [3.05, 3.63) is 83.6 Å². The van der Waals surface area contributed by atoms with Gasteiger partial charge in [0, 0.05) is 5.56 Å². The van der Waals surface area contributed by atoms with Gasteiger partial charge in [-0.1, -0.05) is 81.6 Å². The fraction of sp³-hybridized carbons (Fsp3) is 0.393. The number of aryl methyl sites for hydroxylation is 3. The molecule has 2 nitrogen and oxygen atoms in total. The molecule has 0 unspecified atom stereocenters. The van der Waals surface area contributed by atoms with Gasteiger partial charge < -0.3 is 4.74 Å². The van der Waals surface area contributed by atoms with Gasteiger partial charge in [-0.2, -0.15) is 0 Å². The van der Waals surface area contributed by atoms with Crippen LogP contribution in [0.1, 0.15) is 62.6 Å². The van der Waals surface area contributed by atoms with Crippen LogP contribution in [0, 0.1) is 0 Å². The summed E-state index contributed by atoms with van der Waals surface area (Å²) in [5, 5.41) is 0. The third kappa shape index (κ3) is 7.02. The van der Waals surface area contributed by atoms with Crippen LogP contribution in [0.15, 0.2) is 66.9 Å². The molecule has 30 heavy (non-hydrogen) atoms. The molecule has 0 radical (unpaired) electrons. The summed E-state index contributed by atoms with van der Waals surface area (Å²) in [7, 11) is 0. The monoisotopic (exact) mass is 401 g/mol. The van der Waals surface area contributed by atoms with Gasteiger partial charge in [0.25, 0.3) is 0 Å². The molecule has 158 valence electrons. The Balaban J connectivity index is 1.48. The number of nitrogens with zero attached hydrogens (tertiary/aromatic N) is 1. The van der Waals surface area contributed by atoms with E-state index in [0.717, 1.165) is 42.9 Å². The molecule has 2 heteroatoms. The Morgan fingerprint density at radius 2 is 1.27 bits per heavy atom. The van der Waals surface area contributed by atoms with Crippen LogP contribution >= 0.6 is 0 Å². The van der Waals surface area contributed by atoms with Gasteiger partial charge in [0.05, 0.1) is 18.5 Å². The van der Waals surface area contributed by atoms with Gasteiger partial charge in [0.1, 0.15) is 5.75 Å². The van der Waals surface area contributed by atoms with Crippen LogP contribution in [0.4, 0.5) is 0 Å². The Kier molecular flexibility index (Phi) is 8.96. The topological polar surface area (TPSA) is 22.1 Å². The second-order valence-corrected chi connectivity index (χ2v) is 8.05. The summed E-state index contributed by atoms with van der Waals surface area (Å²) in [5.41, 5.74) is 6.39. The maximum atomic E-state index is 5.61. The molecule has 0 amide bonds. The molecule has 0 saturated heterocycles. The summed E-state index contributed by atoms with van der Waals surface area (Å²) in [5.74, 6) is 0.837. The maximum absolute atomic E-state index is 5.61. The molecule has 0 N–H and O–H groups in total. The molecule has 0 aliphatic rings. The van der Waals surface area contributed by atoms with E-state index in [9.17, 15) is 0 Å². The van der Waals surface area contributed by atoms with Crippen molar-refractivity contribution in [3.8, 4) is 17.0 Å². The SMILES string of the molecule is CCCCCCc1ccc(CCc2ccc(-c3ccc(OCCC)cn3)cc2)cc1. The molecule has 3 rings (SSSR count). The number of hydrogen-bond acceptors (Lipinski definition) is 2. The molecule has 0 atom stereocenters. The van der Waals surface area contributed by atoms with Crippen LogP contribution in [0.25, 0.3) is 11.3 Å². The fourth-order valence-corrected chi connectivity index (χ4v) is 3.62. The van der Waals surface area contributed by atoms with Crippen LogP contribution in [-0.2, 0) is 19.3 Å². The number of benzene rings is 2. The van der Waals surface area contributed by atoms with E-state index in [4.69, 9.17) is 4.74 Å². The largest absolute Gasteiger partial charge is 0.492 e. The van der Waals surface area contributed by atoms with Crippen LogP contribution in [0.3, 0.4) is 0 Å². The zero-order valence-electron chi connectivity index (χ0n) is 18.6. The maximum Gasteiger partial charge on any atom is 0.137 e. The number of aromatic nitrogens is 1. The van der Waals surface area contributed by atoms with Crippen LogP contribution in [0.2, 0.25) is 0 Å². The van der Waals surface area contributed by atoms with Crippen molar-refractivity contribution >= 4 is 0 Å². The summed E-state index contributed by atoms with van der Waals surface area (Å²) < 4.78 is 5.61. The minimum absolute atomic E-state index is 0.734. The highest BCUT2D eigenvalue weighted by Crippen LogP contribution is 2.21. The molecule has 0 aliphatic carbocycles. The predicted molar refractivity (Wildman–Crippen MR) is 127 cm³/mol. The minimum Gasteiger partial charge on any atom is -0.492 e. The van der Waals surface area contributed by atoms with Gasteiger partial charge in [-0.15, -0.1) is 0 Å². The van der Waals surface area contributed by atoms with E-state index in [2.05, 4.69) is 67.4 Å². The number of ether oxygens (including phenoxy) is 1. The van der Waals surface area contributed by atoms with Gasteiger partial charge >= 0.3 is 0 Å². The van der Waals surface area contributed by atoms with Crippen LogP contribution in [-0.4, -0.2) is 11.6 Å². The molecular formula is C28H35NO. The normalized spacial score (nSPS) is 10.9. The molecule has 2 aromatic carbocycles. The summed E-state index contributed by atoms with van der Waals surface area (Å²) in [6.45, 7) is 5.10. The van der Waals surface area contributed by atoms with Gasteiger partial charge in [0.15, 0.2) is 0 Å². The lowest BCUT2D eigenvalue weighted by Gasteiger charge is -2.07. The molecule has 0 spiro atoms. The van der Waals surface area contributed by atoms with Gasteiger partial charge in [-0.25, -0.2) is 0 Å². The van der Waals surface area contributed by atoms with Crippen LogP contribution < -0.4 is 4.74 Å². The van der Waals surface area contributed by atoms with Crippen LogP contribution in [0.5, 0.6) is 5.75 Å². The first-order valence-corrected chi connectivity index (χ1v) is 11.5. The number of pyridine rings is 1.